The van der Waals surface area contributed by atoms with Crippen LogP contribution in [0.5, 0.6) is 5.75 Å². The minimum Gasteiger partial charge on any atom is -0.497 e. The summed E-state index contributed by atoms with van der Waals surface area (Å²) in [6, 6.07) is 7.99. The van der Waals surface area contributed by atoms with Crippen molar-refractivity contribution in [2.45, 2.75) is 0 Å². The van der Waals surface area contributed by atoms with E-state index in [0.717, 1.165) is 5.39 Å². The van der Waals surface area contributed by atoms with Gasteiger partial charge in [-0.3, -0.25) is 14.9 Å². The number of nitro groups is 1. The van der Waals surface area contributed by atoms with E-state index in [1.807, 2.05) is 0 Å². The molecule has 100 valence electrons. The summed E-state index contributed by atoms with van der Waals surface area (Å²) in [5.41, 5.74) is 0.682. The highest BCUT2D eigenvalue weighted by atomic mass is 16.6. The fourth-order valence-corrected chi connectivity index (χ4v) is 2.19. The number of aldehydes is 1. The number of rotatable bonds is 3. The van der Waals surface area contributed by atoms with Crippen LogP contribution in [0.1, 0.15) is 10.4 Å². The maximum absolute atomic E-state index is 11.0. The lowest BCUT2D eigenvalue weighted by molar-refractivity contribution is -0.385. The predicted octanol–water partition coefficient (Wildman–Crippen LogP) is 3.32. The zero-order valence-corrected chi connectivity index (χ0v) is 10.5. The molecule has 6 heteroatoms. The highest BCUT2D eigenvalue weighted by molar-refractivity contribution is 6.08. The molecule has 0 saturated carbocycles. The maximum Gasteiger partial charge on any atom is 0.283 e. The van der Waals surface area contributed by atoms with Crippen molar-refractivity contribution in [2.75, 3.05) is 7.11 Å². The molecular weight excluding hydrogens is 262 g/mol. The number of hydrogen-bond donors (Lipinski definition) is 0. The van der Waals surface area contributed by atoms with E-state index in [0.29, 0.717) is 28.6 Å². The summed E-state index contributed by atoms with van der Waals surface area (Å²) in [6.45, 7) is 0. The van der Waals surface area contributed by atoms with Crippen LogP contribution < -0.4 is 4.74 Å². The zero-order chi connectivity index (χ0) is 14.3. The van der Waals surface area contributed by atoms with Crippen LogP contribution in [-0.2, 0) is 0 Å². The van der Waals surface area contributed by atoms with Crippen LogP contribution >= 0.6 is 0 Å². The fraction of sp³-hybridized carbons (Fsp3) is 0.0714. The second-order valence-corrected chi connectivity index (χ2v) is 4.25. The first kappa shape index (κ1) is 12.2. The second kappa shape index (κ2) is 4.34. The molecule has 0 fully saturated rings. The smallest absolute Gasteiger partial charge is 0.283 e. The van der Waals surface area contributed by atoms with E-state index in [1.165, 1.54) is 12.1 Å². The Balaban J connectivity index is 2.38. The largest absolute Gasteiger partial charge is 0.497 e. The number of nitrogens with zero attached hydrogens (tertiary/aromatic N) is 1. The van der Waals surface area contributed by atoms with Crippen molar-refractivity contribution in [3.8, 4) is 5.75 Å². The molecule has 2 aromatic carbocycles. The second-order valence-electron chi connectivity index (χ2n) is 4.25. The molecule has 20 heavy (non-hydrogen) atoms. The third-order valence-electron chi connectivity index (χ3n) is 3.15. The highest BCUT2D eigenvalue weighted by Crippen LogP contribution is 2.34. The van der Waals surface area contributed by atoms with Gasteiger partial charge in [-0.2, -0.15) is 0 Å². The van der Waals surface area contributed by atoms with E-state index >= 15 is 0 Å². The molecule has 0 atom stereocenters. The molecule has 0 spiro atoms. The van der Waals surface area contributed by atoms with Gasteiger partial charge in [0.15, 0.2) is 6.29 Å². The van der Waals surface area contributed by atoms with Crippen molar-refractivity contribution in [3.05, 3.63) is 46.0 Å². The molecule has 6 nitrogen and oxygen atoms in total. The quantitative estimate of drug-likeness (QED) is 0.414. The van der Waals surface area contributed by atoms with Gasteiger partial charge in [0.2, 0.25) is 0 Å². The van der Waals surface area contributed by atoms with Crippen LogP contribution in [0.25, 0.3) is 21.9 Å². The fourth-order valence-electron chi connectivity index (χ4n) is 2.19. The summed E-state index contributed by atoms with van der Waals surface area (Å²) >= 11 is 0. The number of hydrogen-bond acceptors (Lipinski definition) is 5. The number of ether oxygens (including phenoxy) is 1. The van der Waals surface area contributed by atoms with Crippen LogP contribution in [-0.4, -0.2) is 18.3 Å². The lowest BCUT2D eigenvalue weighted by Gasteiger charge is -1.97. The van der Waals surface area contributed by atoms with Crippen LogP contribution in [0, 0.1) is 10.1 Å². The van der Waals surface area contributed by atoms with Crippen molar-refractivity contribution in [1.82, 2.24) is 0 Å². The van der Waals surface area contributed by atoms with E-state index in [2.05, 4.69) is 0 Å². The van der Waals surface area contributed by atoms with Crippen molar-refractivity contribution < 1.29 is 18.9 Å². The van der Waals surface area contributed by atoms with Gasteiger partial charge in [0.05, 0.1) is 23.7 Å². The lowest BCUT2D eigenvalue weighted by Crippen LogP contribution is -1.93. The summed E-state index contributed by atoms with van der Waals surface area (Å²) in [5, 5.41) is 12.4. The monoisotopic (exact) mass is 271 g/mol. The highest BCUT2D eigenvalue weighted by Gasteiger charge is 2.18. The summed E-state index contributed by atoms with van der Waals surface area (Å²) in [5.74, 6) is 0.627. The van der Waals surface area contributed by atoms with Crippen LogP contribution in [0.2, 0.25) is 0 Å². The van der Waals surface area contributed by atoms with Crippen molar-refractivity contribution >= 4 is 33.9 Å². The Kier molecular flexibility index (Phi) is 2.64. The first-order valence-electron chi connectivity index (χ1n) is 5.78. The standard InChI is InChI=1S/C14H9NO5/c1-19-9-2-3-10-11-4-8(7-16)12(15(17)18)6-14(11)20-13(10)5-9/h2-7H,1H3. The van der Waals surface area contributed by atoms with Crippen molar-refractivity contribution in [2.24, 2.45) is 0 Å². The minimum atomic E-state index is -0.600. The van der Waals surface area contributed by atoms with Gasteiger partial charge < -0.3 is 9.15 Å². The Bertz CT molecular complexity index is 850. The Labute approximate surface area is 112 Å². The first-order chi connectivity index (χ1) is 9.63. The van der Waals surface area contributed by atoms with Gasteiger partial charge in [-0.1, -0.05) is 0 Å². The number of nitro benzene ring substituents is 1. The SMILES string of the molecule is COc1ccc2c(c1)oc1cc([N+](=O)[O-])c(C=O)cc12. The molecule has 0 bridgehead atoms. The van der Waals surface area contributed by atoms with Gasteiger partial charge in [-0.05, 0) is 18.2 Å². The molecule has 0 N–H and O–H groups in total. The number of benzene rings is 2. The van der Waals surface area contributed by atoms with Gasteiger partial charge in [0.1, 0.15) is 16.9 Å². The summed E-state index contributed by atoms with van der Waals surface area (Å²) in [7, 11) is 1.54. The predicted molar refractivity (Wildman–Crippen MR) is 72.3 cm³/mol. The van der Waals surface area contributed by atoms with Gasteiger partial charge in [-0.15, -0.1) is 0 Å². The molecule has 0 saturated heterocycles. The Morgan fingerprint density at radius 1 is 1.20 bits per heavy atom. The normalized spacial score (nSPS) is 10.8. The molecule has 3 rings (SSSR count). The third-order valence-corrected chi connectivity index (χ3v) is 3.15. The van der Waals surface area contributed by atoms with E-state index in [9.17, 15) is 14.9 Å². The lowest BCUT2D eigenvalue weighted by atomic mass is 10.1. The molecule has 1 aromatic heterocycles. The number of fused-ring (bicyclic) bond motifs is 3. The Morgan fingerprint density at radius 2 is 1.95 bits per heavy atom. The van der Waals surface area contributed by atoms with Gasteiger partial charge in [0, 0.05) is 16.8 Å². The van der Waals surface area contributed by atoms with Gasteiger partial charge >= 0.3 is 0 Å². The number of methoxy groups -OCH3 is 1. The summed E-state index contributed by atoms with van der Waals surface area (Å²) in [4.78, 5) is 21.3. The van der Waals surface area contributed by atoms with E-state index in [1.54, 1.807) is 25.3 Å². The average molecular weight is 271 g/mol. The van der Waals surface area contributed by atoms with Gasteiger partial charge in [-0.25, -0.2) is 0 Å². The van der Waals surface area contributed by atoms with E-state index in [4.69, 9.17) is 9.15 Å². The van der Waals surface area contributed by atoms with Crippen molar-refractivity contribution in [3.63, 3.8) is 0 Å². The van der Waals surface area contributed by atoms with Crippen molar-refractivity contribution in [1.29, 1.82) is 0 Å². The molecule has 0 unspecified atom stereocenters. The topological polar surface area (TPSA) is 82.6 Å². The average Bonchev–Trinajstić information content (AvgIpc) is 2.81. The molecule has 0 aliphatic heterocycles. The molecule has 3 aromatic rings. The summed E-state index contributed by atoms with van der Waals surface area (Å²) < 4.78 is 10.7. The molecule has 0 aliphatic carbocycles. The summed E-state index contributed by atoms with van der Waals surface area (Å²) in [6.07, 6.45) is 0.472. The van der Waals surface area contributed by atoms with Crippen LogP contribution in [0.15, 0.2) is 34.7 Å². The molecule has 0 aliphatic rings. The zero-order valence-electron chi connectivity index (χ0n) is 10.5. The third kappa shape index (κ3) is 1.70. The minimum absolute atomic E-state index is 0.0287. The number of furan rings is 1. The molecule has 0 amide bonds. The molecular formula is C14H9NO5. The van der Waals surface area contributed by atoms with E-state index < -0.39 is 4.92 Å². The number of carbonyl (C=O) groups is 1. The van der Waals surface area contributed by atoms with Gasteiger partial charge in [0.25, 0.3) is 5.69 Å². The Morgan fingerprint density at radius 3 is 2.60 bits per heavy atom. The Hall–Kier alpha value is -2.89. The number of carbonyl (C=O) groups excluding carboxylic acids is 1. The first-order valence-corrected chi connectivity index (χ1v) is 5.78. The van der Waals surface area contributed by atoms with Crippen LogP contribution in [0.4, 0.5) is 5.69 Å². The van der Waals surface area contributed by atoms with Crippen LogP contribution in [0.3, 0.4) is 0 Å². The maximum atomic E-state index is 11.0. The van der Waals surface area contributed by atoms with E-state index in [-0.39, 0.29) is 11.3 Å². The molecule has 0 radical (unpaired) electrons. The molecule has 1 heterocycles.